The Balaban J connectivity index is 1.51. The van der Waals surface area contributed by atoms with E-state index in [0.29, 0.717) is 21.8 Å². The van der Waals surface area contributed by atoms with E-state index in [9.17, 15) is 27.6 Å². The lowest BCUT2D eigenvalue weighted by Gasteiger charge is -2.29. The Morgan fingerprint density at radius 1 is 1.15 bits per heavy atom. The van der Waals surface area contributed by atoms with Crippen LogP contribution in [-0.4, -0.2) is 30.9 Å². The minimum atomic E-state index is -3.61. The molecule has 3 aromatic heterocycles. The molecule has 0 spiro atoms. The zero-order valence-electron chi connectivity index (χ0n) is 23.3. The van der Waals surface area contributed by atoms with Crippen molar-refractivity contribution in [1.82, 2.24) is 25.0 Å². The number of H-pyrrole nitrogens is 1. The molecule has 5 aromatic rings. The predicted octanol–water partition coefficient (Wildman–Crippen LogP) is 6.82. The molecule has 3 N–H and O–H groups in total. The summed E-state index contributed by atoms with van der Waals surface area (Å²) in [5.74, 6) is -10.2. The highest BCUT2D eigenvalue weighted by Gasteiger charge is 2.67. The zero-order valence-corrected chi connectivity index (χ0v) is 24.0. The van der Waals surface area contributed by atoms with Gasteiger partial charge in [0.2, 0.25) is 5.91 Å². The van der Waals surface area contributed by atoms with E-state index < -0.39 is 71.5 Å². The van der Waals surface area contributed by atoms with Crippen molar-refractivity contribution in [3.8, 4) is 17.2 Å². The average molecular weight is 656 g/mol. The van der Waals surface area contributed by atoms with Crippen LogP contribution in [0.1, 0.15) is 64.5 Å². The van der Waals surface area contributed by atoms with Gasteiger partial charge in [-0.2, -0.15) is 24.2 Å². The van der Waals surface area contributed by atoms with E-state index >= 15 is 8.78 Å². The van der Waals surface area contributed by atoms with E-state index in [0.717, 1.165) is 12.1 Å². The van der Waals surface area contributed by atoms with Crippen LogP contribution in [0.2, 0.25) is 5.02 Å². The number of fused-ring (bicyclic) bond motifs is 4. The quantitative estimate of drug-likeness (QED) is 0.177. The number of nitrogens with two attached hydrogens (primary N) is 1. The number of hydrogen-bond acceptors (Lipinski definition) is 5. The predicted molar refractivity (Wildman–Crippen MR) is 152 cm³/mol. The molecule has 234 valence electrons. The molecule has 4 atom stereocenters. The van der Waals surface area contributed by atoms with Crippen LogP contribution in [0.3, 0.4) is 0 Å². The highest BCUT2D eigenvalue weighted by Crippen LogP contribution is 2.68. The van der Waals surface area contributed by atoms with Gasteiger partial charge in [-0.15, -0.1) is 0 Å². The molecule has 8 nitrogen and oxygen atoms in total. The largest absolute Gasteiger partial charge is 0.368 e. The monoisotopic (exact) mass is 655 g/mol. The first-order valence-corrected chi connectivity index (χ1v) is 14.3. The molecule has 1 saturated carbocycles. The van der Waals surface area contributed by atoms with Gasteiger partial charge >= 0.3 is 0 Å². The second-order valence-corrected chi connectivity index (χ2v) is 11.8. The second kappa shape index (κ2) is 10.6. The number of primary amides is 1. The number of aromatic amines is 1. The third kappa shape index (κ3) is 4.68. The number of halogens is 7. The molecular weight excluding hydrogens is 636 g/mol. The van der Waals surface area contributed by atoms with Gasteiger partial charge < -0.3 is 5.73 Å². The lowest BCUT2D eigenvalue weighted by Crippen LogP contribution is -2.37. The van der Waals surface area contributed by atoms with E-state index in [4.69, 9.17) is 17.3 Å². The van der Waals surface area contributed by atoms with E-state index in [1.54, 1.807) is 12.1 Å². The maximum Gasteiger partial charge on any atom is 0.293 e. The van der Waals surface area contributed by atoms with Gasteiger partial charge in [0, 0.05) is 29.0 Å². The smallest absolute Gasteiger partial charge is 0.293 e. The summed E-state index contributed by atoms with van der Waals surface area (Å²) >= 11 is 6.17. The Morgan fingerprint density at radius 3 is 2.57 bits per heavy atom. The van der Waals surface area contributed by atoms with Crippen molar-refractivity contribution in [3.05, 3.63) is 99.1 Å². The molecule has 2 aliphatic rings. The molecule has 0 aliphatic heterocycles. The van der Waals surface area contributed by atoms with Crippen molar-refractivity contribution in [1.29, 1.82) is 5.26 Å². The maximum absolute atomic E-state index is 15.7. The Labute approximate surface area is 260 Å². The fourth-order valence-corrected chi connectivity index (χ4v) is 6.79. The van der Waals surface area contributed by atoms with Crippen LogP contribution in [-0.2, 0) is 17.1 Å². The molecule has 1 fully saturated rings. The molecule has 7 rings (SSSR count). The normalized spacial score (nSPS) is 19.1. The fraction of sp³-hybridized carbons (Fsp3) is 0.258. The molecule has 0 saturated heterocycles. The van der Waals surface area contributed by atoms with Gasteiger partial charge in [-0.05, 0) is 60.2 Å². The van der Waals surface area contributed by atoms with Crippen LogP contribution in [0.15, 0.2) is 48.7 Å². The third-order valence-corrected chi connectivity index (χ3v) is 8.97. The van der Waals surface area contributed by atoms with Gasteiger partial charge in [0.05, 0.1) is 28.0 Å². The number of carbonyl (C=O) groups excluding carboxylic acids is 1. The van der Waals surface area contributed by atoms with Crippen LogP contribution >= 0.6 is 11.6 Å². The first kappa shape index (κ1) is 29.8. The molecule has 15 heteroatoms. The minimum absolute atomic E-state index is 0.00453. The van der Waals surface area contributed by atoms with Crippen molar-refractivity contribution in [2.45, 2.75) is 43.1 Å². The standard InChI is InChI=1S/C31H20ClF6N7O/c32-21-2-1-13(6-14(21)10-39)17-9-22-23(11-41-43-22)42-25(17)19(5-12-3-15(33)7-16(34)4-12)27(30(40)46)45-28-24(26(44-45)29(35)36)18-8-20(18)31(28,37)38/h1-4,6-7,9,11,18-20,27,29H,5,8H2,(H2,40,46)(H,41,43)/t18-,19+,20+,27?/m0/s1. The number of alkyl halides is 4. The fourth-order valence-electron chi connectivity index (χ4n) is 6.63. The minimum Gasteiger partial charge on any atom is -0.368 e. The summed E-state index contributed by atoms with van der Waals surface area (Å²) in [6, 6.07) is 8.70. The van der Waals surface area contributed by atoms with Crippen LogP contribution in [0.5, 0.6) is 0 Å². The van der Waals surface area contributed by atoms with E-state index in [1.165, 1.54) is 18.3 Å². The second-order valence-electron chi connectivity index (χ2n) is 11.4. The van der Waals surface area contributed by atoms with E-state index in [1.807, 2.05) is 6.07 Å². The number of amides is 1. The number of hydrogen-bond donors (Lipinski definition) is 2. The van der Waals surface area contributed by atoms with Crippen LogP contribution in [0, 0.1) is 28.9 Å². The number of carbonyl (C=O) groups is 1. The van der Waals surface area contributed by atoms with Gasteiger partial charge in [-0.3, -0.25) is 9.89 Å². The molecule has 1 unspecified atom stereocenters. The van der Waals surface area contributed by atoms with Crippen LogP contribution in [0.25, 0.3) is 22.2 Å². The number of nitrogens with zero attached hydrogens (tertiary/aromatic N) is 5. The molecule has 1 amide bonds. The molecule has 3 heterocycles. The van der Waals surface area contributed by atoms with Gasteiger partial charge in [0.15, 0.2) is 0 Å². The Hall–Kier alpha value is -4.90. The van der Waals surface area contributed by atoms with E-state index in [2.05, 4.69) is 20.3 Å². The third-order valence-electron chi connectivity index (χ3n) is 8.64. The van der Waals surface area contributed by atoms with Gasteiger partial charge in [-0.1, -0.05) is 17.7 Å². The van der Waals surface area contributed by atoms with Crippen molar-refractivity contribution < 1.29 is 31.1 Å². The number of pyridine rings is 1. The van der Waals surface area contributed by atoms with Crippen molar-refractivity contribution in [2.75, 3.05) is 0 Å². The number of nitrogens with one attached hydrogen (secondary N) is 1. The number of aromatic nitrogens is 5. The Morgan fingerprint density at radius 2 is 1.89 bits per heavy atom. The van der Waals surface area contributed by atoms with E-state index in [-0.39, 0.29) is 44.9 Å². The Bertz CT molecular complexity index is 2080. The average Bonchev–Trinajstić information content (AvgIpc) is 3.39. The summed E-state index contributed by atoms with van der Waals surface area (Å²) in [6.07, 6.45) is -2.31. The lowest BCUT2D eigenvalue weighted by atomic mass is 9.84. The molecule has 46 heavy (non-hydrogen) atoms. The summed E-state index contributed by atoms with van der Waals surface area (Å²) in [4.78, 5) is 18.1. The van der Waals surface area contributed by atoms with Crippen molar-refractivity contribution in [3.63, 3.8) is 0 Å². The number of rotatable bonds is 8. The van der Waals surface area contributed by atoms with Gasteiger partial charge in [-0.25, -0.2) is 27.2 Å². The van der Waals surface area contributed by atoms with Crippen LogP contribution < -0.4 is 5.73 Å². The number of nitriles is 1. The van der Waals surface area contributed by atoms with Crippen LogP contribution in [0.4, 0.5) is 26.3 Å². The SMILES string of the molecule is N#Cc1cc(-c2cc3[nH]ncc3nc2[C@@H](Cc2cc(F)cc(F)c2)C(C(N)=O)n2nc(C(F)F)c3c2C(F)(F)[C@@H]2C[C@H]32)ccc1Cl. The maximum atomic E-state index is 15.7. The first-order valence-electron chi connectivity index (χ1n) is 14.0. The summed E-state index contributed by atoms with van der Waals surface area (Å²) < 4.78 is 89.4. The van der Waals surface area contributed by atoms with Crippen molar-refractivity contribution in [2.24, 2.45) is 11.7 Å². The molecule has 2 aliphatic carbocycles. The highest BCUT2D eigenvalue weighted by atomic mass is 35.5. The molecule has 2 aromatic carbocycles. The zero-order chi connectivity index (χ0) is 32.7. The highest BCUT2D eigenvalue weighted by molar-refractivity contribution is 6.31. The summed E-state index contributed by atoms with van der Waals surface area (Å²) in [5, 5.41) is 20.4. The molecule has 0 bridgehead atoms. The molecule has 0 radical (unpaired) electrons. The lowest BCUT2D eigenvalue weighted by molar-refractivity contribution is -0.122. The van der Waals surface area contributed by atoms with Crippen molar-refractivity contribution >= 4 is 28.5 Å². The topological polar surface area (TPSA) is 126 Å². The van der Waals surface area contributed by atoms with Gasteiger partial charge in [0.25, 0.3) is 12.3 Å². The summed E-state index contributed by atoms with van der Waals surface area (Å²) in [7, 11) is 0. The molecular formula is C31H20ClF6N7O. The number of benzene rings is 2. The van der Waals surface area contributed by atoms with Gasteiger partial charge in [0.1, 0.15) is 40.7 Å². The summed E-state index contributed by atoms with van der Waals surface area (Å²) in [5.41, 5.74) is 5.22. The first-order chi connectivity index (χ1) is 21.9. The Kier molecular flexibility index (Phi) is 6.86. The summed E-state index contributed by atoms with van der Waals surface area (Å²) in [6.45, 7) is 0.